The van der Waals surface area contributed by atoms with Gasteiger partial charge in [-0.3, -0.25) is 4.79 Å². The van der Waals surface area contributed by atoms with Crippen molar-refractivity contribution < 1.29 is 14.3 Å². The normalized spacial score (nSPS) is 26.2. The third-order valence-electron chi connectivity index (χ3n) is 5.73. The highest BCUT2D eigenvalue weighted by Gasteiger charge is 2.49. The van der Waals surface area contributed by atoms with Crippen molar-refractivity contribution in [2.24, 2.45) is 0 Å². The molecule has 0 aromatic carbocycles. The Kier molecular flexibility index (Phi) is 4.41. The minimum Gasteiger partial charge on any atom is -0.439 e. The number of nitrogens with zero attached hydrogens (tertiary/aromatic N) is 6. The molecular formula is C18H26N6O3. The lowest BCUT2D eigenvalue weighted by molar-refractivity contribution is 0.0552. The van der Waals surface area contributed by atoms with E-state index in [-0.39, 0.29) is 12.0 Å². The van der Waals surface area contributed by atoms with Gasteiger partial charge in [-0.1, -0.05) is 0 Å². The topological polar surface area (TPSA) is 82.1 Å². The molecule has 1 aromatic heterocycles. The van der Waals surface area contributed by atoms with E-state index in [2.05, 4.69) is 26.8 Å². The summed E-state index contributed by atoms with van der Waals surface area (Å²) in [6, 6.07) is 0. The molecule has 1 aromatic rings. The van der Waals surface area contributed by atoms with Crippen LogP contribution < -0.4 is 4.90 Å². The summed E-state index contributed by atoms with van der Waals surface area (Å²) in [5.41, 5.74) is 0.628. The molecule has 0 radical (unpaired) electrons. The maximum Gasteiger partial charge on any atom is 0.410 e. The summed E-state index contributed by atoms with van der Waals surface area (Å²) < 4.78 is 5.53. The molecule has 1 spiro atoms. The Morgan fingerprint density at radius 2 is 1.89 bits per heavy atom. The first-order valence-corrected chi connectivity index (χ1v) is 9.37. The largest absolute Gasteiger partial charge is 0.439 e. The van der Waals surface area contributed by atoms with Crippen LogP contribution in [0, 0.1) is 6.92 Å². The number of aryl methyl sites for hydroxylation is 1. The first-order chi connectivity index (χ1) is 12.9. The molecule has 0 aliphatic carbocycles. The van der Waals surface area contributed by atoms with Gasteiger partial charge in [0.15, 0.2) is 5.60 Å². The van der Waals surface area contributed by atoms with Crippen LogP contribution in [0.2, 0.25) is 0 Å². The number of piperazine rings is 1. The third-order valence-corrected chi connectivity index (χ3v) is 5.73. The Morgan fingerprint density at radius 3 is 2.52 bits per heavy atom. The van der Waals surface area contributed by atoms with Gasteiger partial charge < -0.3 is 24.3 Å². The number of likely N-dealkylation sites (tertiary alicyclic amines) is 1. The van der Waals surface area contributed by atoms with Crippen LogP contribution in [0.25, 0.3) is 0 Å². The number of rotatable bonds is 2. The van der Waals surface area contributed by atoms with Crippen molar-refractivity contribution in [2.75, 3.05) is 64.8 Å². The zero-order chi connectivity index (χ0) is 19.2. The number of aromatic nitrogens is 2. The zero-order valence-electron chi connectivity index (χ0n) is 16.1. The standard InChI is InChI=1S/C18H26N6O3/c1-13-14(10-19-16(20-13)23-8-6-21(2)7-9-23)15(25)24-5-4-18(12-24)11-22(3)17(26)27-18/h10H,4-9,11-12H2,1-3H3/t18-/m0/s1. The van der Waals surface area contributed by atoms with Gasteiger partial charge in [-0.25, -0.2) is 14.8 Å². The number of amides is 2. The smallest absolute Gasteiger partial charge is 0.410 e. The predicted molar refractivity (Wildman–Crippen MR) is 98.8 cm³/mol. The molecule has 9 heteroatoms. The quantitative estimate of drug-likeness (QED) is 0.732. The molecule has 3 saturated heterocycles. The van der Waals surface area contributed by atoms with E-state index in [1.807, 2.05) is 6.92 Å². The average Bonchev–Trinajstić information content (AvgIpc) is 3.17. The van der Waals surface area contributed by atoms with Crippen LogP contribution in [0.15, 0.2) is 6.20 Å². The molecule has 2 amide bonds. The first kappa shape index (κ1) is 18.0. The number of likely N-dealkylation sites (N-methyl/N-ethyl adjacent to an activating group) is 2. The first-order valence-electron chi connectivity index (χ1n) is 9.37. The van der Waals surface area contributed by atoms with E-state index in [0.29, 0.717) is 43.3 Å². The van der Waals surface area contributed by atoms with Gasteiger partial charge in [0.1, 0.15) is 0 Å². The molecular weight excluding hydrogens is 348 g/mol. The summed E-state index contributed by atoms with van der Waals surface area (Å²) in [5.74, 6) is 0.585. The zero-order valence-corrected chi connectivity index (χ0v) is 16.1. The fraction of sp³-hybridized carbons (Fsp3) is 0.667. The predicted octanol–water partition coefficient (Wildman–Crippen LogP) is 0.204. The number of anilines is 1. The molecule has 146 valence electrons. The van der Waals surface area contributed by atoms with Gasteiger partial charge in [-0.2, -0.15) is 0 Å². The Hall–Kier alpha value is -2.42. The minimum absolute atomic E-state index is 0.0973. The lowest BCUT2D eigenvalue weighted by atomic mass is 10.0. The number of carbonyl (C=O) groups excluding carboxylic acids is 2. The highest BCUT2D eigenvalue weighted by atomic mass is 16.6. The van der Waals surface area contributed by atoms with Gasteiger partial charge in [-0.05, 0) is 14.0 Å². The molecule has 3 aliphatic rings. The monoisotopic (exact) mass is 374 g/mol. The average molecular weight is 374 g/mol. The summed E-state index contributed by atoms with van der Waals surface area (Å²) in [5, 5.41) is 0. The van der Waals surface area contributed by atoms with Crippen molar-refractivity contribution in [2.45, 2.75) is 18.9 Å². The summed E-state index contributed by atoms with van der Waals surface area (Å²) >= 11 is 0. The van der Waals surface area contributed by atoms with E-state index in [4.69, 9.17) is 4.74 Å². The van der Waals surface area contributed by atoms with Crippen molar-refractivity contribution in [1.29, 1.82) is 0 Å². The molecule has 27 heavy (non-hydrogen) atoms. The van der Waals surface area contributed by atoms with E-state index in [1.54, 1.807) is 23.0 Å². The molecule has 0 N–H and O–H groups in total. The fourth-order valence-electron chi connectivity index (χ4n) is 4.02. The number of hydrogen-bond donors (Lipinski definition) is 0. The van der Waals surface area contributed by atoms with Gasteiger partial charge >= 0.3 is 6.09 Å². The van der Waals surface area contributed by atoms with Crippen LogP contribution >= 0.6 is 0 Å². The Labute approximate surface area is 158 Å². The number of hydrogen-bond acceptors (Lipinski definition) is 7. The van der Waals surface area contributed by atoms with Gasteiger partial charge in [0.05, 0.1) is 24.3 Å². The molecule has 4 heterocycles. The Morgan fingerprint density at radius 1 is 1.15 bits per heavy atom. The fourth-order valence-corrected chi connectivity index (χ4v) is 4.02. The van der Waals surface area contributed by atoms with Gasteiger partial charge in [0.2, 0.25) is 5.95 Å². The Balaban J connectivity index is 1.46. The number of carbonyl (C=O) groups is 2. The van der Waals surface area contributed by atoms with Crippen molar-refractivity contribution in [3.8, 4) is 0 Å². The van der Waals surface area contributed by atoms with Crippen molar-refractivity contribution >= 4 is 17.9 Å². The summed E-state index contributed by atoms with van der Waals surface area (Å²) in [7, 11) is 3.82. The van der Waals surface area contributed by atoms with Crippen LogP contribution in [0.3, 0.4) is 0 Å². The van der Waals surface area contributed by atoms with Crippen molar-refractivity contribution in [3.63, 3.8) is 0 Å². The molecule has 1 atom stereocenters. The third kappa shape index (κ3) is 3.31. The van der Waals surface area contributed by atoms with E-state index < -0.39 is 5.60 Å². The second-order valence-corrected chi connectivity index (χ2v) is 7.84. The van der Waals surface area contributed by atoms with Gasteiger partial charge in [0, 0.05) is 52.4 Å². The van der Waals surface area contributed by atoms with Gasteiger partial charge in [-0.15, -0.1) is 0 Å². The van der Waals surface area contributed by atoms with Crippen LogP contribution in [0.1, 0.15) is 22.5 Å². The van der Waals surface area contributed by atoms with E-state index in [1.165, 1.54) is 0 Å². The lowest BCUT2D eigenvalue weighted by Gasteiger charge is -2.32. The minimum atomic E-state index is -0.573. The second-order valence-electron chi connectivity index (χ2n) is 7.84. The summed E-state index contributed by atoms with van der Waals surface area (Å²) in [6.07, 6.45) is 1.98. The van der Waals surface area contributed by atoms with Crippen LogP contribution in [-0.4, -0.2) is 102 Å². The SMILES string of the molecule is Cc1nc(N2CCN(C)CC2)ncc1C(=O)N1CC[C@]2(CN(C)C(=O)O2)C1. The van der Waals surface area contributed by atoms with E-state index in [0.717, 1.165) is 26.2 Å². The molecule has 3 fully saturated rings. The van der Waals surface area contributed by atoms with E-state index in [9.17, 15) is 9.59 Å². The maximum atomic E-state index is 13.0. The maximum absolute atomic E-state index is 13.0. The summed E-state index contributed by atoms with van der Waals surface area (Å²) in [6.45, 7) is 7.09. The highest BCUT2D eigenvalue weighted by Crippen LogP contribution is 2.32. The molecule has 0 unspecified atom stereocenters. The van der Waals surface area contributed by atoms with Gasteiger partial charge in [0.25, 0.3) is 5.91 Å². The molecule has 0 bridgehead atoms. The lowest BCUT2D eigenvalue weighted by Crippen LogP contribution is -2.45. The molecule has 3 aliphatic heterocycles. The van der Waals surface area contributed by atoms with Crippen LogP contribution in [0.5, 0.6) is 0 Å². The van der Waals surface area contributed by atoms with E-state index >= 15 is 0 Å². The van der Waals surface area contributed by atoms with Crippen molar-refractivity contribution in [1.82, 2.24) is 24.7 Å². The second kappa shape index (κ2) is 6.63. The Bertz CT molecular complexity index is 763. The van der Waals surface area contributed by atoms with Crippen LogP contribution in [-0.2, 0) is 4.74 Å². The molecule has 0 saturated carbocycles. The summed E-state index contributed by atoms with van der Waals surface area (Å²) in [4.78, 5) is 41.5. The molecule has 4 rings (SSSR count). The highest BCUT2D eigenvalue weighted by molar-refractivity contribution is 5.95. The van der Waals surface area contributed by atoms with Crippen LogP contribution in [0.4, 0.5) is 10.7 Å². The van der Waals surface area contributed by atoms with Crippen molar-refractivity contribution in [3.05, 3.63) is 17.5 Å². The molecule has 9 nitrogen and oxygen atoms in total. The number of ether oxygens (including phenoxy) is 1.